The molecule has 0 aliphatic carbocycles. The second-order valence-electron chi connectivity index (χ2n) is 5.08. The van der Waals surface area contributed by atoms with Gasteiger partial charge < -0.3 is 10.1 Å². The van der Waals surface area contributed by atoms with Crippen LogP contribution < -0.4 is 5.32 Å². The van der Waals surface area contributed by atoms with Gasteiger partial charge >= 0.3 is 0 Å². The summed E-state index contributed by atoms with van der Waals surface area (Å²) < 4.78 is 5.49. The minimum atomic E-state index is 0.171. The van der Waals surface area contributed by atoms with E-state index in [-0.39, 0.29) is 11.5 Å². The molecule has 92 valence electrons. The van der Waals surface area contributed by atoms with Crippen molar-refractivity contribution in [2.75, 3.05) is 13.7 Å². The molecule has 4 heteroatoms. The maximum atomic E-state index is 5.49. The van der Waals surface area contributed by atoms with Crippen molar-refractivity contribution in [3.05, 3.63) is 16.1 Å². The van der Waals surface area contributed by atoms with E-state index < -0.39 is 0 Å². The Balaban J connectivity index is 2.37. The first-order valence-corrected chi connectivity index (χ1v) is 6.45. The summed E-state index contributed by atoms with van der Waals surface area (Å²) in [5.41, 5.74) is 3.19. The number of hydrogen-bond donors (Lipinski definition) is 1. The molecule has 0 spiro atoms. The van der Waals surface area contributed by atoms with Crippen molar-refractivity contribution < 1.29 is 4.74 Å². The first-order valence-electron chi connectivity index (χ1n) is 5.57. The van der Waals surface area contributed by atoms with Gasteiger partial charge in [0.05, 0.1) is 17.3 Å². The van der Waals surface area contributed by atoms with Crippen molar-refractivity contribution in [1.29, 1.82) is 0 Å². The predicted molar refractivity (Wildman–Crippen MR) is 68.8 cm³/mol. The summed E-state index contributed by atoms with van der Waals surface area (Å²) in [4.78, 5) is 5.54. The van der Waals surface area contributed by atoms with E-state index in [4.69, 9.17) is 4.74 Å². The maximum Gasteiger partial charge on any atom is 0.0798 e. The number of ether oxygens (including phenoxy) is 1. The average molecular weight is 242 g/mol. The number of nitrogens with one attached hydrogen (secondary N) is 1. The van der Waals surface area contributed by atoms with Crippen molar-refractivity contribution in [1.82, 2.24) is 10.3 Å². The molecule has 0 amide bonds. The summed E-state index contributed by atoms with van der Waals surface area (Å²) in [5, 5.41) is 3.43. The first kappa shape index (κ1) is 13.6. The van der Waals surface area contributed by atoms with E-state index in [2.05, 4.69) is 31.1 Å². The molecule has 0 bridgehead atoms. The van der Waals surface area contributed by atoms with E-state index in [9.17, 15) is 0 Å². The van der Waals surface area contributed by atoms with Crippen LogP contribution in [0.25, 0.3) is 0 Å². The molecule has 0 fully saturated rings. The molecular formula is C12H22N2OS. The number of aryl methyl sites for hydroxylation is 1. The zero-order chi connectivity index (χ0) is 12.2. The highest BCUT2D eigenvalue weighted by molar-refractivity contribution is 7.09. The Bertz CT molecular complexity index is 317. The van der Waals surface area contributed by atoms with Gasteiger partial charge in [0.25, 0.3) is 0 Å². The average Bonchev–Trinajstić information content (AvgIpc) is 2.57. The van der Waals surface area contributed by atoms with E-state index in [0.717, 1.165) is 18.8 Å². The second-order valence-corrected chi connectivity index (χ2v) is 6.02. The molecule has 1 aromatic heterocycles. The molecule has 0 saturated carbocycles. The molecule has 1 heterocycles. The Morgan fingerprint density at radius 3 is 2.62 bits per heavy atom. The maximum absolute atomic E-state index is 5.49. The standard InChI is InChI=1S/C12H22N2OS/c1-9-10(16-8-14-9)6-13-7-11(15-5)12(2,3)4/h8,11,13H,6-7H2,1-5H3. The highest BCUT2D eigenvalue weighted by Gasteiger charge is 2.23. The minimum Gasteiger partial charge on any atom is -0.380 e. The van der Waals surface area contributed by atoms with Crippen molar-refractivity contribution in [2.45, 2.75) is 40.3 Å². The van der Waals surface area contributed by atoms with Gasteiger partial charge in [-0.05, 0) is 12.3 Å². The zero-order valence-electron chi connectivity index (χ0n) is 10.8. The highest BCUT2D eigenvalue weighted by Crippen LogP contribution is 2.21. The molecule has 0 aliphatic rings. The molecule has 1 aromatic rings. The SMILES string of the molecule is COC(CNCc1scnc1C)C(C)(C)C. The lowest BCUT2D eigenvalue weighted by Crippen LogP contribution is -2.37. The zero-order valence-corrected chi connectivity index (χ0v) is 11.6. The molecule has 0 radical (unpaired) electrons. The van der Waals surface area contributed by atoms with Gasteiger partial charge in [0.15, 0.2) is 0 Å². The van der Waals surface area contributed by atoms with Crippen molar-refractivity contribution in [2.24, 2.45) is 5.41 Å². The van der Waals surface area contributed by atoms with Crippen LogP contribution in [0.3, 0.4) is 0 Å². The molecule has 1 N–H and O–H groups in total. The van der Waals surface area contributed by atoms with E-state index in [0.29, 0.717) is 0 Å². The Kier molecular flexibility index (Phi) is 4.89. The normalized spacial score (nSPS) is 14.1. The minimum absolute atomic E-state index is 0.171. The third-order valence-electron chi connectivity index (χ3n) is 2.71. The number of rotatable bonds is 5. The molecule has 1 rings (SSSR count). The first-order chi connectivity index (χ1) is 7.45. The fourth-order valence-electron chi connectivity index (χ4n) is 1.56. The summed E-state index contributed by atoms with van der Waals surface area (Å²) in [6.45, 7) is 10.4. The largest absolute Gasteiger partial charge is 0.380 e. The molecule has 0 saturated heterocycles. The number of methoxy groups -OCH3 is 1. The Morgan fingerprint density at radius 1 is 1.50 bits per heavy atom. The fraction of sp³-hybridized carbons (Fsp3) is 0.750. The summed E-state index contributed by atoms with van der Waals surface area (Å²) in [5.74, 6) is 0. The molecule has 3 nitrogen and oxygen atoms in total. The van der Waals surface area contributed by atoms with Crippen LogP contribution in [0.1, 0.15) is 31.3 Å². The number of aromatic nitrogens is 1. The molecule has 0 aromatic carbocycles. The monoisotopic (exact) mass is 242 g/mol. The molecule has 16 heavy (non-hydrogen) atoms. The van der Waals surface area contributed by atoms with Crippen molar-refractivity contribution in [3.8, 4) is 0 Å². The van der Waals surface area contributed by atoms with Gasteiger partial charge in [-0.15, -0.1) is 11.3 Å². The third kappa shape index (κ3) is 3.85. The summed E-state index contributed by atoms with van der Waals surface area (Å²) in [6.07, 6.45) is 0.237. The van der Waals surface area contributed by atoms with E-state index >= 15 is 0 Å². The quantitative estimate of drug-likeness (QED) is 0.862. The van der Waals surface area contributed by atoms with E-state index in [1.54, 1.807) is 18.4 Å². The van der Waals surface area contributed by atoms with Gasteiger partial charge in [-0.1, -0.05) is 20.8 Å². The van der Waals surface area contributed by atoms with Crippen LogP contribution in [0.4, 0.5) is 0 Å². The van der Waals surface area contributed by atoms with Gasteiger partial charge in [-0.3, -0.25) is 0 Å². The molecule has 0 aliphatic heterocycles. The molecule has 1 unspecified atom stereocenters. The topological polar surface area (TPSA) is 34.1 Å². The number of nitrogens with zero attached hydrogens (tertiary/aromatic N) is 1. The lowest BCUT2D eigenvalue weighted by molar-refractivity contribution is 0.0173. The second kappa shape index (κ2) is 5.75. The number of hydrogen-bond acceptors (Lipinski definition) is 4. The van der Waals surface area contributed by atoms with Crippen LogP contribution in [0, 0.1) is 12.3 Å². The van der Waals surface area contributed by atoms with Gasteiger partial charge in [0.2, 0.25) is 0 Å². The summed E-state index contributed by atoms with van der Waals surface area (Å²) in [6, 6.07) is 0. The van der Waals surface area contributed by atoms with Crippen LogP contribution in [0.15, 0.2) is 5.51 Å². The molecule has 1 atom stereocenters. The summed E-state index contributed by atoms with van der Waals surface area (Å²) in [7, 11) is 1.77. The Morgan fingerprint density at radius 2 is 2.19 bits per heavy atom. The van der Waals surface area contributed by atoms with Crippen LogP contribution in [0.2, 0.25) is 0 Å². The molecular weight excluding hydrogens is 220 g/mol. The number of thiazole rings is 1. The predicted octanol–water partition coefficient (Wildman–Crippen LogP) is 2.60. The van der Waals surface area contributed by atoms with Crippen LogP contribution in [0.5, 0.6) is 0 Å². The van der Waals surface area contributed by atoms with Gasteiger partial charge in [0, 0.05) is 25.1 Å². The van der Waals surface area contributed by atoms with Gasteiger partial charge in [-0.2, -0.15) is 0 Å². The smallest absolute Gasteiger partial charge is 0.0798 e. The van der Waals surface area contributed by atoms with Gasteiger partial charge in [-0.25, -0.2) is 4.98 Å². The Labute approximate surface area is 102 Å². The van der Waals surface area contributed by atoms with E-state index in [1.165, 1.54) is 4.88 Å². The fourth-order valence-corrected chi connectivity index (χ4v) is 2.30. The lowest BCUT2D eigenvalue weighted by atomic mass is 9.89. The Hall–Kier alpha value is -0.450. The summed E-state index contributed by atoms with van der Waals surface area (Å²) >= 11 is 1.70. The van der Waals surface area contributed by atoms with Crippen molar-refractivity contribution >= 4 is 11.3 Å². The van der Waals surface area contributed by atoms with E-state index in [1.807, 2.05) is 12.4 Å². The van der Waals surface area contributed by atoms with Crippen LogP contribution in [-0.2, 0) is 11.3 Å². The highest BCUT2D eigenvalue weighted by atomic mass is 32.1. The third-order valence-corrected chi connectivity index (χ3v) is 3.65. The van der Waals surface area contributed by atoms with Crippen LogP contribution in [-0.4, -0.2) is 24.7 Å². The lowest BCUT2D eigenvalue weighted by Gasteiger charge is -2.29. The van der Waals surface area contributed by atoms with Gasteiger partial charge in [0.1, 0.15) is 0 Å². The van der Waals surface area contributed by atoms with Crippen LogP contribution >= 0.6 is 11.3 Å². The van der Waals surface area contributed by atoms with Crippen molar-refractivity contribution in [3.63, 3.8) is 0 Å².